The number of rotatable bonds is 4. The first-order valence-electron chi connectivity index (χ1n) is 7.02. The molecule has 1 aromatic rings. The molecule has 0 radical (unpaired) electrons. The Balaban J connectivity index is 2.00. The van der Waals surface area contributed by atoms with E-state index in [0.29, 0.717) is 18.8 Å². The highest BCUT2D eigenvalue weighted by atomic mass is 16.4. The van der Waals surface area contributed by atoms with Crippen molar-refractivity contribution >= 4 is 17.9 Å². The van der Waals surface area contributed by atoms with Gasteiger partial charge in [0.1, 0.15) is 5.54 Å². The molecule has 114 valence electrons. The lowest BCUT2D eigenvalue weighted by Gasteiger charge is -2.37. The van der Waals surface area contributed by atoms with E-state index in [0.717, 1.165) is 19.3 Å². The topological polar surface area (TPSA) is 117 Å². The molecule has 0 atom stereocenters. The summed E-state index contributed by atoms with van der Waals surface area (Å²) in [5.74, 6) is -0.430. The molecule has 8 nitrogen and oxygen atoms in total. The van der Waals surface area contributed by atoms with Crippen LogP contribution in [-0.4, -0.2) is 37.8 Å². The number of hydrogen-bond acceptors (Lipinski definition) is 5. The van der Waals surface area contributed by atoms with Crippen LogP contribution in [-0.2, 0) is 4.79 Å². The van der Waals surface area contributed by atoms with Crippen molar-refractivity contribution in [2.24, 2.45) is 5.92 Å². The summed E-state index contributed by atoms with van der Waals surface area (Å²) in [5.41, 5.74) is -1.21. The molecule has 3 N–H and O–H groups in total. The van der Waals surface area contributed by atoms with Gasteiger partial charge in [0.05, 0.1) is 12.4 Å². The quantitative estimate of drug-likeness (QED) is 0.772. The fourth-order valence-corrected chi connectivity index (χ4v) is 2.63. The first kappa shape index (κ1) is 15.1. The number of carbonyl (C=O) groups excluding carboxylic acids is 1. The van der Waals surface area contributed by atoms with Crippen molar-refractivity contribution in [2.45, 2.75) is 44.6 Å². The number of carboxylic acids is 1. The Morgan fingerprint density at radius 1 is 1.38 bits per heavy atom. The van der Waals surface area contributed by atoms with Crippen LogP contribution in [0.1, 0.15) is 39.0 Å². The van der Waals surface area contributed by atoms with Gasteiger partial charge in [-0.25, -0.2) is 14.6 Å². The van der Waals surface area contributed by atoms with Gasteiger partial charge in [0.15, 0.2) is 0 Å². The zero-order valence-electron chi connectivity index (χ0n) is 11.9. The van der Waals surface area contributed by atoms with E-state index in [1.54, 1.807) is 0 Å². The van der Waals surface area contributed by atoms with Gasteiger partial charge in [-0.1, -0.05) is 13.3 Å². The van der Waals surface area contributed by atoms with Crippen LogP contribution in [0.15, 0.2) is 12.4 Å². The number of anilines is 1. The van der Waals surface area contributed by atoms with Gasteiger partial charge in [0, 0.05) is 0 Å². The van der Waals surface area contributed by atoms with Gasteiger partial charge in [-0.05, 0) is 31.6 Å². The summed E-state index contributed by atoms with van der Waals surface area (Å²) in [7, 11) is 0. The molecule has 1 aromatic heterocycles. The average molecular weight is 293 g/mol. The zero-order valence-corrected chi connectivity index (χ0v) is 11.9. The van der Waals surface area contributed by atoms with Crippen molar-refractivity contribution in [3.8, 4) is 0 Å². The SMILES string of the molecule is CCC1CCC(NC(=O)Nc2nccnn2)(C(=O)O)CC1. The predicted molar refractivity (Wildman–Crippen MR) is 74.6 cm³/mol. The van der Waals surface area contributed by atoms with Gasteiger partial charge in [-0.15, -0.1) is 5.10 Å². The standard InChI is InChI=1S/C13H19N5O3/c1-2-9-3-5-13(6-4-9,10(19)20)17-12(21)16-11-14-7-8-15-18-11/h7-9H,2-6H2,1H3,(H,19,20)(H2,14,16,17,18,21). The average Bonchev–Trinajstić information content (AvgIpc) is 2.48. The molecule has 2 amide bonds. The highest BCUT2D eigenvalue weighted by molar-refractivity contribution is 5.92. The lowest BCUT2D eigenvalue weighted by Crippen LogP contribution is -2.57. The second kappa shape index (κ2) is 6.47. The monoisotopic (exact) mass is 293 g/mol. The lowest BCUT2D eigenvalue weighted by molar-refractivity contribution is -0.146. The smallest absolute Gasteiger partial charge is 0.329 e. The molecular formula is C13H19N5O3. The number of aliphatic carboxylic acids is 1. The fraction of sp³-hybridized carbons (Fsp3) is 0.615. The highest BCUT2D eigenvalue weighted by Gasteiger charge is 2.43. The number of carboxylic acid groups (broad SMARTS) is 1. The van der Waals surface area contributed by atoms with Crippen molar-refractivity contribution in [2.75, 3.05) is 5.32 Å². The lowest BCUT2D eigenvalue weighted by atomic mass is 9.75. The first-order valence-corrected chi connectivity index (χ1v) is 7.02. The van der Waals surface area contributed by atoms with E-state index < -0.39 is 17.5 Å². The van der Waals surface area contributed by atoms with Crippen LogP contribution in [0.2, 0.25) is 0 Å². The van der Waals surface area contributed by atoms with Crippen molar-refractivity contribution in [1.82, 2.24) is 20.5 Å². The summed E-state index contributed by atoms with van der Waals surface area (Å²) in [6.07, 6.45) is 6.27. The number of nitrogens with zero attached hydrogens (tertiary/aromatic N) is 3. The number of hydrogen-bond donors (Lipinski definition) is 3. The molecule has 1 aliphatic rings. The minimum absolute atomic E-state index is 0.0396. The molecule has 21 heavy (non-hydrogen) atoms. The summed E-state index contributed by atoms with van der Waals surface area (Å²) < 4.78 is 0. The van der Waals surface area contributed by atoms with Gasteiger partial charge in [-0.2, -0.15) is 5.10 Å². The third-order valence-electron chi connectivity index (χ3n) is 4.01. The van der Waals surface area contributed by atoms with E-state index in [9.17, 15) is 14.7 Å². The summed E-state index contributed by atoms with van der Waals surface area (Å²) >= 11 is 0. The minimum atomic E-state index is -1.21. The number of urea groups is 1. The Labute approximate surface area is 122 Å². The molecule has 8 heteroatoms. The molecule has 0 unspecified atom stereocenters. The Bertz CT molecular complexity index is 500. The summed E-state index contributed by atoms with van der Waals surface area (Å²) in [6.45, 7) is 2.10. The maximum atomic E-state index is 11.9. The van der Waals surface area contributed by atoms with Crippen LogP contribution in [0.25, 0.3) is 0 Å². The van der Waals surface area contributed by atoms with E-state index >= 15 is 0 Å². The maximum absolute atomic E-state index is 11.9. The molecule has 0 aliphatic heterocycles. The molecule has 0 aromatic carbocycles. The Hall–Kier alpha value is -2.25. The molecule has 1 aliphatic carbocycles. The normalized spacial score (nSPS) is 25.1. The van der Waals surface area contributed by atoms with Crippen LogP contribution in [0.4, 0.5) is 10.7 Å². The number of carbonyl (C=O) groups is 2. The third kappa shape index (κ3) is 3.65. The zero-order chi connectivity index (χ0) is 15.3. The van der Waals surface area contributed by atoms with Crippen molar-refractivity contribution in [1.29, 1.82) is 0 Å². The molecule has 1 fully saturated rings. The van der Waals surface area contributed by atoms with Crippen molar-refractivity contribution in [3.05, 3.63) is 12.4 Å². The van der Waals surface area contributed by atoms with Gasteiger partial charge >= 0.3 is 12.0 Å². The molecule has 2 rings (SSSR count). The Morgan fingerprint density at radius 3 is 2.62 bits per heavy atom. The van der Waals surface area contributed by atoms with Crippen LogP contribution >= 0.6 is 0 Å². The van der Waals surface area contributed by atoms with E-state index in [2.05, 4.69) is 32.7 Å². The van der Waals surface area contributed by atoms with Gasteiger partial charge in [0.25, 0.3) is 5.95 Å². The predicted octanol–water partition coefficient (Wildman–Crippen LogP) is 1.42. The van der Waals surface area contributed by atoms with Gasteiger partial charge < -0.3 is 10.4 Å². The minimum Gasteiger partial charge on any atom is -0.480 e. The molecular weight excluding hydrogens is 274 g/mol. The van der Waals surface area contributed by atoms with E-state index in [1.165, 1.54) is 12.4 Å². The number of nitrogens with one attached hydrogen (secondary N) is 2. The molecule has 0 spiro atoms. The molecule has 1 heterocycles. The Kier molecular flexibility index (Phi) is 4.66. The van der Waals surface area contributed by atoms with Gasteiger partial charge in [0.2, 0.25) is 0 Å². The van der Waals surface area contributed by atoms with E-state index in [-0.39, 0.29) is 5.95 Å². The van der Waals surface area contributed by atoms with E-state index in [1.807, 2.05) is 0 Å². The van der Waals surface area contributed by atoms with Crippen LogP contribution in [0.3, 0.4) is 0 Å². The second-order valence-electron chi connectivity index (χ2n) is 5.28. The molecule has 1 saturated carbocycles. The van der Waals surface area contributed by atoms with Crippen LogP contribution in [0.5, 0.6) is 0 Å². The summed E-state index contributed by atoms with van der Waals surface area (Å²) in [5, 5.41) is 21.7. The second-order valence-corrected chi connectivity index (χ2v) is 5.28. The fourth-order valence-electron chi connectivity index (χ4n) is 2.63. The van der Waals surface area contributed by atoms with Crippen LogP contribution in [0, 0.1) is 5.92 Å². The van der Waals surface area contributed by atoms with Crippen molar-refractivity contribution in [3.63, 3.8) is 0 Å². The Morgan fingerprint density at radius 2 is 2.10 bits per heavy atom. The summed E-state index contributed by atoms with van der Waals surface area (Å²) in [6, 6.07) is -0.625. The van der Waals surface area contributed by atoms with Crippen LogP contribution < -0.4 is 10.6 Å². The molecule has 0 bridgehead atoms. The largest absolute Gasteiger partial charge is 0.480 e. The summed E-state index contributed by atoms with van der Waals surface area (Å²) in [4.78, 5) is 27.3. The van der Waals surface area contributed by atoms with Gasteiger partial charge in [-0.3, -0.25) is 5.32 Å². The third-order valence-corrected chi connectivity index (χ3v) is 4.01. The van der Waals surface area contributed by atoms with E-state index in [4.69, 9.17) is 0 Å². The molecule has 0 saturated heterocycles. The van der Waals surface area contributed by atoms with Crippen molar-refractivity contribution < 1.29 is 14.7 Å². The maximum Gasteiger partial charge on any atom is 0.329 e. The first-order chi connectivity index (χ1) is 10.1. The number of amides is 2. The number of aromatic nitrogens is 3. The highest BCUT2D eigenvalue weighted by Crippen LogP contribution is 2.34.